The molecule has 148 valence electrons. The first-order chi connectivity index (χ1) is 14.2. The first-order valence-corrected chi connectivity index (χ1v) is 8.86. The predicted molar refractivity (Wildman–Crippen MR) is 107 cm³/mol. The van der Waals surface area contributed by atoms with Crippen molar-refractivity contribution in [2.24, 2.45) is 0 Å². The standard InChI is InChI=1S/C18H19N9O2/c19-6-13(7-20-2-4-28)15-9-21-17-18(23-15)27(25-24-17)10-12-1-3-26-16(5-12)14(11-29)8-22-26/h1,3,5-9,11,19-20,25,28H,2,4,10H2,(H,21,24)/b13-7+,19-6?. The van der Waals surface area contributed by atoms with E-state index in [0.29, 0.717) is 41.6 Å². The predicted octanol–water partition coefficient (Wildman–Crippen LogP) is 0.361. The number of aldehydes is 1. The van der Waals surface area contributed by atoms with Gasteiger partial charge >= 0.3 is 0 Å². The normalized spacial score (nSPS) is 13.3. The van der Waals surface area contributed by atoms with Crippen LogP contribution in [0.1, 0.15) is 21.6 Å². The number of allylic oxidation sites excluding steroid dienone is 1. The molecule has 0 amide bonds. The maximum absolute atomic E-state index is 11.2. The minimum absolute atomic E-state index is 0.00733. The van der Waals surface area contributed by atoms with Crippen molar-refractivity contribution in [3.05, 3.63) is 53.7 Å². The van der Waals surface area contributed by atoms with Crippen LogP contribution in [-0.2, 0) is 6.54 Å². The molecule has 0 fully saturated rings. The van der Waals surface area contributed by atoms with E-state index in [0.717, 1.165) is 17.4 Å². The van der Waals surface area contributed by atoms with Crippen LogP contribution in [0.25, 0.3) is 11.1 Å². The van der Waals surface area contributed by atoms with Crippen molar-refractivity contribution >= 4 is 35.2 Å². The number of aliphatic hydroxyl groups excluding tert-OH is 1. The Morgan fingerprint density at radius 1 is 1.38 bits per heavy atom. The number of carbonyl (C=O) groups is 1. The Hall–Kier alpha value is -3.83. The number of hydrogen-bond acceptors (Lipinski definition) is 10. The summed E-state index contributed by atoms with van der Waals surface area (Å²) in [6.45, 7) is 0.835. The Bertz CT molecular complexity index is 1090. The van der Waals surface area contributed by atoms with E-state index in [2.05, 4.69) is 31.3 Å². The van der Waals surface area contributed by atoms with Crippen molar-refractivity contribution in [2.45, 2.75) is 6.54 Å². The Morgan fingerprint density at radius 3 is 3.07 bits per heavy atom. The summed E-state index contributed by atoms with van der Waals surface area (Å²) in [6.07, 6.45) is 8.48. The number of rotatable bonds is 8. The van der Waals surface area contributed by atoms with Crippen LogP contribution < -0.4 is 21.3 Å². The van der Waals surface area contributed by atoms with Gasteiger partial charge in [-0.1, -0.05) is 0 Å². The fourth-order valence-electron chi connectivity index (χ4n) is 2.93. The second kappa shape index (κ2) is 8.04. The highest BCUT2D eigenvalue weighted by molar-refractivity contribution is 6.07. The summed E-state index contributed by atoms with van der Waals surface area (Å²) in [5.74, 6) is 1.15. The summed E-state index contributed by atoms with van der Waals surface area (Å²) < 4.78 is 1.65. The van der Waals surface area contributed by atoms with Crippen LogP contribution in [0.2, 0.25) is 0 Å². The van der Waals surface area contributed by atoms with Gasteiger partial charge in [0.1, 0.15) is 0 Å². The number of pyridine rings is 1. The minimum atomic E-state index is -0.00733. The van der Waals surface area contributed by atoms with Crippen LogP contribution in [0.15, 0.2) is 36.9 Å². The van der Waals surface area contributed by atoms with Gasteiger partial charge in [-0.2, -0.15) is 5.10 Å². The van der Waals surface area contributed by atoms with Crippen LogP contribution in [0.3, 0.4) is 0 Å². The van der Waals surface area contributed by atoms with Gasteiger partial charge in [-0.15, -0.1) is 5.53 Å². The first-order valence-electron chi connectivity index (χ1n) is 8.86. The molecule has 1 aliphatic heterocycles. The van der Waals surface area contributed by atoms with Gasteiger partial charge in [0.25, 0.3) is 0 Å². The van der Waals surface area contributed by atoms with Gasteiger partial charge in [-0.25, -0.2) is 14.5 Å². The second-order valence-electron chi connectivity index (χ2n) is 6.25. The van der Waals surface area contributed by atoms with E-state index in [-0.39, 0.29) is 6.61 Å². The van der Waals surface area contributed by atoms with E-state index < -0.39 is 0 Å². The van der Waals surface area contributed by atoms with Crippen molar-refractivity contribution in [3.63, 3.8) is 0 Å². The molecule has 0 atom stereocenters. The van der Waals surface area contributed by atoms with Gasteiger partial charge in [0.15, 0.2) is 17.9 Å². The monoisotopic (exact) mass is 393 g/mol. The van der Waals surface area contributed by atoms with E-state index in [1.54, 1.807) is 28.1 Å². The molecule has 4 rings (SSSR count). The van der Waals surface area contributed by atoms with Crippen molar-refractivity contribution < 1.29 is 9.90 Å². The number of hydrazine groups is 2. The van der Waals surface area contributed by atoms with E-state index in [9.17, 15) is 4.79 Å². The zero-order chi connectivity index (χ0) is 20.2. The zero-order valence-corrected chi connectivity index (χ0v) is 15.3. The molecule has 0 aromatic carbocycles. The highest BCUT2D eigenvalue weighted by atomic mass is 16.3. The molecule has 3 aromatic rings. The summed E-state index contributed by atoms with van der Waals surface area (Å²) in [5, 5.41) is 25.3. The fraction of sp³-hybridized carbons (Fsp3) is 0.167. The molecular weight excluding hydrogens is 374 g/mol. The lowest BCUT2D eigenvalue weighted by atomic mass is 10.2. The molecule has 0 unspecified atom stereocenters. The Labute approximate surface area is 165 Å². The third-order valence-corrected chi connectivity index (χ3v) is 4.37. The molecule has 3 aromatic heterocycles. The molecule has 0 radical (unpaired) electrons. The SMILES string of the molecule is N=C/C(=C\NCCO)c1cnc2c(n1)N(Cc1ccn3ncc(C=O)c3c1)NN2. The fourth-order valence-corrected chi connectivity index (χ4v) is 2.93. The summed E-state index contributed by atoms with van der Waals surface area (Å²) >= 11 is 0. The summed E-state index contributed by atoms with van der Waals surface area (Å²) in [7, 11) is 0. The van der Waals surface area contributed by atoms with E-state index >= 15 is 0 Å². The molecule has 0 aliphatic carbocycles. The van der Waals surface area contributed by atoms with Gasteiger partial charge in [-0.05, 0) is 17.7 Å². The van der Waals surface area contributed by atoms with Crippen LogP contribution in [-0.4, -0.2) is 50.3 Å². The Balaban J connectivity index is 1.60. The van der Waals surface area contributed by atoms with Crippen LogP contribution in [0.5, 0.6) is 0 Å². The maximum atomic E-state index is 11.2. The van der Waals surface area contributed by atoms with Crippen molar-refractivity contribution in [3.8, 4) is 0 Å². The number of hydrogen-bond donors (Lipinski definition) is 5. The van der Waals surface area contributed by atoms with Gasteiger partial charge < -0.3 is 15.8 Å². The molecule has 5 N–H and O–H groups in total. The molecular formula is C18H19N9O2. The molecule has 1 aliphatic rings. The number of aromatic nitrogens is 4. The van der Waals surface area contributed by atoms with Gasteiger partial charge in [-0.3, -0.25) is 15.2 Å². The first kappa shape index (κ1) is 18.5. The third-order valence-electron chi connectivity index (χ3n) is 4.37. The van der Waals surface area contributed by atoms with Crippen molar-refractivity contribution in [1.29, 1.82) is 5.41 Å². The topological polar surface area (TPSA) is 144 Å². The quantitative estimate of drug-likeness (QED) is 0.208. The minimum Gasteiger partial charge on any atom is -0.395 e. The molecule has 0 bridgehead atoms. The number of nitrogens with zero attached hydrogens (tertiary/aromatic N) is 5. The van der Waals surface area contributed by atoms with Crippen molar-refractivity contribution in [2.75, 3.05) is 23.6 Å². The molecule has 0 saturated heterocycles. The van der Waals surface area contributed by atoms with Crippen LogP contribution >= 0.6 is 0 Å². The lowest BCUT2D eigenvalue weighted by Crippen LogP contribution is -2.35. The highest BCUT2D eigenvalue weighted by Gasteiger charge is 2.23. The van der Waals surface area contributed by atoms with Gasteiger partial charge in [0.05, 0.1) is 42.3 Å². The largest absolute Gasteiger partial charge is 0.395 e. The smallest absolute Gasteiger partial charge is 0.190 e. The molecule has 4 heterocycles. The number of aliphatic hydroxyl groups is 1. The summed E-state index contributed by atoms with van der Waals surface area (Å²) in [6, 6.07) is 3.81. The average Bonchev–Trinajstić information content (AvgIpc) is 3.34. The van der Waals surface area contributed by atoms with Crippen LogP contribution in [0.4, 0.5) is 11.6 Å². The van der Waals surface area contributed by atoms with Gasteiger partial charge in [0.2, 0.25) is 0 Å². The third kappa shape index (κ3) is 3.63. The Morgan fingerprint density at radius 2 is 2.28 bits per heavy atom. The average molecular weight is 393 g/mol. The van der Waals surface area contributed by atoms with Gasteiger partial charge in [0, 0.05) is 30.7 Å². The number of carbonyl (C=O) groups excluding carboxylic acids is 1. The Kier molecular flexibility index (Phi) is 5.14. The highest BCUT2D eigenvalue weighted by Crippen LogP contribution is 2.27. The molecule has 0 saturated carbocycles. The summed E-state index contributed by atoms with van der Waals surface area (Å²) in [5.41, 5.74) is 9.25. The maximum Gasteiger partial charge on any atom is 0.190 e. The van der Waals surface area contributed by atoms with Crippen molar-refractivity contribution in [1.82, 2.24) is 30.4 Å². The summed E-state index contributed by atoms with van der Waals surface area (Å²) in [4.78, 5) is 20.1. The van der Waals surface area contributed by atoms with Crippen LogP contribution in [0, 0.1) is 5.41 Å². The number of fused-ring (bicyclic) bond motifs is 2. The number of anilines is 2. The number of nitrogens with one attached hydrogen (secondary N) is 4. The lowest BCUT2D eigenvalue weighted by Gasteiger charge is -2.17. The zero-order valence-electron chi connectivity index (χ0n) is 15.3. The van der Waals surface area contributed by atoms with E-state index in [4.69, 9.17) is 10.5 Å². The molecule has 29 heavy (non-hydrogen) atoms. The molecule has 11 nitrogen and oxygen atoms in total. The molecule has 0 spiro atoms. The second-order valence-corrected chi connectivity index (χ2v) is 6.25. The molecule has 11 heteroatoms. The lowest BCUT2D eigenvalue weighted by molar-refractivity contribution is 0.112. The van der Waals surface area contributed by atoms with E-state index in [1.807, 2.05) is 12.1 Å². The van der Waals surface area contributed by atoms with E-state index in [1.165, 1.54) is 12.4 Å².